The van der Waals surface area contributed by atoms with Crippen molar-refractivity contribution in [1.29, 1.82) is 0 Å². The zero-order valence-corrected chi connectivity index (χ0v) is 22.4. The first-order valence-corrected chi connectivity index (χ1v) is 13.8. The van der Waals surface area contributed by atoms with Crippen LogP contribution in [0.1, 0.15) is 58.8 Å². The van der Waals surface area contributed by atoms with Crippen LogP contribution in [0.4, 0.5) is 5.69 Å². The molecule has 0 radical (unpaired) electrons. The molecule has 0 unspecified atom stereocenters. The summed E-state index contributed by atoms with van der Waals surface area (Å²) in [5.41, 5.74) is 0.216. The average molecular weight is 512 g/mol. The Bertz CT molecular complexity index is 968. The van der Waals surface area contributed by atoms with Crippen LogP contribution in [0.15, 0.2) is 30.3 Å². The first-order valence-electron chi connectivity index (χ1n) is 13.8. The molecule has 4 amide bonds. The van der Waals surface area contributed by atoms with E-state index >= 15 is 0 Å². The highest BCUT2D eigenvalue weighted by atomic mass is 16.2. The number of piperazine rings is 1. The second-order valence-electron chi connectivity index (χ2n) is 10.5. The molecule has 0 N–H and O–H groups in total. The molecule has 3 aliphatic rings. The Hall–Kier alpha value is -3.10. The van der Waals surface area contributed by atoms with Gasteiger partial charge in [-0.3, -0.25) is 19.2 Å². The van der Waals surface area contributed by atoms with Crippen molar-refractivity contribution in [2.45, 2.75) is 64.3 Å². The lowest BCUT2D eigenvalue weighted by molar-refractivity contribution is -0.144. The summed E-state index contributed by atoms with van der Waals surface area (Å²) < 4.78 is 0. The van der Waals surface area contributed by atoms with E-state index in [-0.39, 0.29) is 30.2 Å². The van der Waals surface area contributed by atoms with Gasteiger partial charge in [-0.1, -0.05) is 44.4 Å². The predicted molar refractivity (Wildman–Crippen MR) is 142 cm³/mol. The van der Waals surface area contributed by atoms with Gasteiger partial charge in [0.25, 0.3) is 5.91 Å². The molecule has 1 spiro atoms. The Morgan fingerprint density at radius 2 is 1.43 bits per heavy atom. The second kappa shape index (κ2) is 12.0. The van der Waals surface area contributed by atoms with Crippen molar-refractivity contribution in [3.63, 3.8) is 0 Å². The Morgan fingerprint density at radius 1 is 0.811 bits per heavy atom. The largest absolute Gasteiger partial charge is 0.342 e. The maximum Gasteiger partial charge on any atom is 0.250 e. The number of anilines is 1. The number of piperidine rings is 1. The molecule has 0 saturated carbocycles. The topological polar surface area (TPSA) is 84.5 Å². The molecule has 3 fully saturated rings. The van der Waals surface area contributed by atoms with Crippen LogP contribution < -0.4 is 4.90 Å². The van der Waals surface area contributed by atoms with Gasteiger partial charge in [0, 0.05) is 58.3 Å². The quantitative estimate of drug-likeness (QED) is 0.500. The molecule has 1 aromatic rings. The van der Waals surface area contributed by atoms with Crippen LogP contribution in [0, 0.1) is 0 Å². The summed E-state index contributed by atoms with van der Waals surface area (Å²) in [4.78, 5) is 60.7. The molecule has 0 aliphatic carbocycles. The molecule has 3 aliphatic heterocycles. The highest BCUT2D eigenvalue weighted by Crippen LogP contribution is 2.39. The molecule has 3 heterocycles. The van der Waals surface area contributed by atoms with E-state index in [1.54, 1.807) is 21.6 Å². The number of carbonyl (C=O) groups excluding carboxylic acids is 4. The van der Waals surface area contributed by atoms with Gasteiger partial charge in [0.2, 0.25) is 17.7 Å². The Kier molecular flexibility index (Phi) is 8.71. The number of hydrogen-bond acceptors (Lipinski definition) is 5. The van der Waals surface area contributed by atoms with E-state index in [1.807, 2.05) is 35.2 Å². The molecule has 1 aromatic carbocycles. The van der Waals surface area contributed by atoms with E-state index in [0.29, 0.717) is 65.2 Å². The number of carbonyl (C=O) groups is 4. The summed E-state index contributed by atoms with van der Waals surface area (Å²) >= 11 is 0. The van der Waals surface area contributed by atoms with Crippen molar-refractivity contribution in [1.82, 2.24) is 19.6 Å². The van der Waals surface area contributed by atoms with Crippen LogP contribution in [0.25, 0.3) is 0 Å². The third kappa shape index (κ3) is 5.91. The fraction of sp³-hybridized carbons (Fsp3) is 0.643. The van der Waals surface area contributed by atoms with Gasteiger partial charge in [0.15, 0.2) is 0 Å². The molecule has 3 saturated heterocycles. The van der Waals surface area contributed by atoms with Crippen molar-refractivity contribution in [2.24, 2.45) is 0 Å². The van der Waals surface area contributed by atoms with Crippen LogP contribution >= 0.6 is 0 Å². The summed E-state index contributed by atoms with van der Waals surface area (Å²) in [5.74, 6) is 0.0934. The number of para-hydroxylation sites is 1. The zero-order valence-electron chi connectivity index (χ0n) is 22.4. The fourth-order valence-electron chi connectivity index (χ4n) is 5.84. The fourth-order valence-corrected chi connectivity index (χ4v) is 5.84. The maximum absolute atomic E-state index is 13.9. The number of likely N-dealkylation sites (tertiary alicyclic amines) is 1. The number of hydrogen-bond donors (Lipinski definition) is 0. The van der Waals surface area contributed by atoms with E-state index in [9.17, 15) is 19.2 Å². The van der Waals surface area contributed by atoms with Crippen LogP contribution in [0.3, 0.4) is 0 Å². The first-order chi connectivity index (χ1) is 17.9. The van der Waals surface area contributed by atoms with Crippen LogP contribution in [0.2, 0.25) is 0 Å². The van der Waals surface area contributed by atoms with Gasteiger partial charge < -0.3 is 24.5 Å². The Labute approximate surface area is 220 Å². The molecule has 4 rings (SSSR count). The van der Waals surface area contributed by atoms with Crippen molar-refractivity contribution in [2.75, 3.05) is 57.4 Å². The molecule has 9 heteroatoms. The van der Waals surface area contributed by atoms with Gasteiger partial charge in [-0.15, -0.1) is 0 Å². The van der Waals surface area contributed by atoms with Gasteiger partial charge in [-0.2, -0.15) is 0 Å². The highest BCUT2D eigenvalue weighted by Gasteiger charge is 2.54. The zero-order chi connectivity index (χ0) is 26.4. The second-order valence-corrected chi connectivity index (χ2v) is 10.5. The Balaban J connectivity index is 1.42. The molecule has 202 valence electrons. The van der Waals surface area contributed by atoms with E-state index < -0.39 is 5.54 Å². The van der Waals surface area contributed by atoms with Gasteiger partial charge in [-0.25, -0.2) is 0 Å². The van der Waals surface area contributed by atoms with Crippen LogP contribution in [-0.2, 0) is 19.2 Å². The standard InChI is InChI=1S/C28H41N5O4/c1-3-4-5-9-12-25(35)30-15-13-28(14-16-30)27(37)32(22-33(28)24-10-7-6-8-11-24)21-26(36)31-19-17-29(18-20-31)23(2)34/h6-8,10-11H,3-5,9,12-22H2,1-2H3. The number of nitrogens with zero attached hydrogens (tertiary/aromatic N) is 5. The van der Waals surface area contributed by atoms with E-state index in [4.69, 9.17) is 0 Å². The van der Waals surface area contributed by atoms with Crippen LogP contribution in [0.5, 0.6) is 0 Å². The maximum atomic E-state index is 13.9. The van der Waals surface area contributed by atoms with E-state index in [0.717, 1.165) is 31.4 Å². The molecule has 0 aromatic heterocycles. The number of unbranched alkanes of at least 4 members (excludes halogenated alkanes) is 3. The monoisotopic (exact) mass is 511 g/mol. The van der Waals surface area contributed by atoms with E-state index in [2.05, 4.69) is 11.8 Å². The van der Waals surface area contributed by atoms with E-state index in [1.165, 1.54) is 0 Å². The minimum absolute atomic E-state index is 0.0213. The Morgan fingerprint density at radius 3 is 2.05 bits per heavy atom. The normalized spacial score (nSPS) is 19.6. The number of rotatable bonds is 8. The van der Waals surface area contributed by atoms with Gasteiger partial charge in [0.05, 0.1) is 6.67 Å². The van der Waals surface area contributed by atoms with Gasteiger partial charge in [0.1, 0.15) is 12.1 Å². The van der Waals surface area contributed by atoms with Crippen molar-refractivity contribution in [3.05, 3.63) is 30.3 Å². The minimum atomic E-state index is -0.742. The highest BCUT2D eigenvalue weighted by molar-refractivity contribution is 5.96. The molecule has 37 heavy (non-hydrogen) atoms. The lowest BCUT2D eigenvalue weighted by atomic mass is 9.85. The number of benzene rings is 1. The molecular formula is C28H41N5O4. The SMILES string of the molecule is CCCCCCC(=O)N1CCC2(CC1)C(=O)N(CC(=O)N1CCN(C(C)=O)CC1)CN2c1ccccc1. The third-order valence-electron chi connectivity index (χ3n) is 8.17. The average Bonchev–Trinajstić information content (AvgIpc) is 3.18. The molecule has 0 atom stereocenters. The molecule has 9 nitrogen and oxygen atoms in total. The smallest absolute Gasteiger partial charge is 0.250 e. The summed E-state index contributed by atoms with van der Waals surface area (Å²) in [7, 11) is 0. The molecule has 0 bridgehead atoms. The molecular weight excluding hydrogens is 470 g/mol. The summed E-state index contributed by atoms with van der Waals surface area (Å²) in [6.45, 7) is 7.23. The van der Waals surface area contributed by atoms with Gasteiger partial charge in [-0.05, 0) is 31.4 Å². The predicted octanol–water partition coefficient (Wildman–Crippen LogP) is 2.32. The van der Waals surface area contributed by atoms with Crippen LogP contribution in [-0.4, -0.2) is 101 Å². The first kappa shape index (κ1) is 26.9. The summed E-state index contributed by atoms with van der Waals surface area (Å²) in [6, 6.07) is 9.89. The van der Waals surface area contributed by atoms with Crippen molar-refractivity contribution in [3.8, 4) is 0 Å². The van der Waals surface area contributed by atoms with Gasteiger partial charge >= 0.3 is 0 Å². The van der Waals surface area contributed by atoms with Crippen molar-refractivity contribution < 1.29 is 19.2 Å². The number of amides is 4. The minimum Gasteiger partial charge on any atom is -0.342 e. The lowest BCUT2D eigenvalue weighted by Gasteiger charge is -2.43. The lowest BCUT2D eigenvalue weighted by Crippen LogP contribution is -2.57. The summed E-state index contributed by atoms with van der Waals surface area (Å²) in [5, 5.41) is 0. The third-order valence-corrected chi connectivity index (χ3v) is 8.17. The van der Waals surface area contributed by atoms with Crippen molar-refractivity contribution >= 4 is 29.3 Å². The summed E-state index contributed by atoms with van der Waals surface area (Å²) in [6.07, 6.45) is 5.98.